The Bertz CT molecular complexity index is 2210. The van der Waals surface area contributed by atoms with E-state index < -0.39 is 5.54 Å². The van der Waals surface area contributed by atoms with Gasteiger partial charge in [-0.1, -0.05) is 121 Å². The van der Waals surface area contributed by atoms with Crippen molar-refractivity contribution in [1.29, 1.82) is 0 Å². The van der Waals surface area contributed by atoms with E-state index in [0.29, 0.717) is 0 Å². The molecule has 0 spiro atoms. The Kier molecular flexibility index (Phi) is 7.92. The highest BCUT2D eigenvalue weighted by Gasteiger charge is 2.40. The van der Waals surface area contributed by atoms with Crippen LogP contribution in [0.15, 0.2) is 170 Å². The smallest absolute Gasteiger partial charge is 0.138 e. The van der Waals surface area contributed by atoms with E-state index in [-0.39, 0.29) is 0 Å². The number of hydrogen-bond donors (Lipinski definition) is 0. The average molecular weight is 637 g/mol. The number of benzene rings is 4. The van der Waals surface area contributed by atoms with Crippen LogP contribution in [-0.2, 0) is 12.1 Å². The van der Waals surface area contributed by atoms with Crippen LogP contribution in [0.3, 0.4) is 0 Å². The molecule has 0 radical (unpaired) electrons. The molecular weight excluding hydrogens is 601 g/mol. The fraction of sp³-hybridized carbons (Fsp3) is 0.0930. The standard InChI is InChI=1S/C43H36N6/c1-47(2)29-32-21-23-33(24-22-32)42-38(34-25-26-41-45-28-40(48(41)30-34)39-20-12-13-27-44-39)31-49(46-42)43(35-14-6-3-7-15-35,36-16-8-4-9-17-36)37-18-10-5-11-19-37/h3-28,30-31H,29H2,1-2H3. The highest BCUT2D eigenvalue weighted by Crippen LogP contribution is 2.43. The van der Waals surface area contributed by atoms with Gasteiger partial charge >= 0.3 is 0 Å². The lowest BCUT2D eigenvalue weighted by molar-refractivity contribution is 0.402. The quantitative estimate of drug-likeness (QED) is 0.149. The molecular formula is C43H36N6. The Hall–Kier alpha value is -6.11. The third kappa shape index (κ3) is 5.52. The van der Waals surface area contributed by atoms with Crippen molar-refractivity contribution in [1.82, 2.24) is 29.0 Å². The Morgan fingerprint density at radius 3 is 1.76 bits per heavy atom. The van der Waals surface area contributed by atoms with E-state index in [1.54, 1.807) is 0 Å². The Morgan fingerprint density at radius 2 is 1.18 bits per heavy atom. The highest BCUT2D eigenvalue weighted by molar-refractivity contribution is 5.81. The van der Waals surface area contributed by atoms with Crippen LogP contribution in [0.4, 0.5) is 0 Å². The second kappa shape index (κ2) is 12.8. The summed E-state index contributed by atoms with van der Waals surface area (Å²) in [7, 11) is 4.19. The van der Waals surface area contributed by atoms with E-state index in [2.05, 4.69) is 173 Å². The maximum absolute atomic E-state index is 5.57. The lowest BCUT2D eigenvalue weighted by Gasteiger charge is -2.36. The normalized spacial score (nSPS) is 11.7. The summed E-state index contributed by atoms with van der Waals surface area (Å²) in [6.07, 6.45) is 8.08. The summed E-state index contributed by atoms with van der Waals surface area (Å²) in [5.41, 5.74) is 10.5. The molecule has 0 N–H and O–H groups in total. The molecule has 0 unspecified atom stereocenters. The minimum absolute atomic E-state index is 0.750. The maximum atomic E-state index is 5.57. The molecule has 4 heterocycles. The Morgan fingerprint density at radius 1 is 0.592 bits per heavy atom. The second-order valence-corrected chi connectivity index (χ2v) is 12.6. The molecule has 0 aliphatic carbocycles. The number of pyridine rings is 2. The fourth-order valence-corrected chi connectivity index (χ4v) is 6.88. The van der Waals surface area contributed by atoms with E-state index in [9.17, 15) is 0 Å². The van der Waals surface area contributed by atoms with Gasteiger partial charge in [0.25, 0.3) is 0 Å². The third-order valence-electron chi connectivity index (χ3n) is 9.10. The number of fused-ring (bicyclic) bond motifs is 1. The second-order valence-electron chi connectivity index (χ2n) is 12.6. The summed E-state index contributed by atoms with van der Waals surface area (Å²) in [6, 6.07) is 51.0. The van der Waals surface area contributed by atoms with Crippen LogP contribution in [-0.4, -0.2) is 43.1 Å². The zero-order valence-electron chi connectivity index (χ0n) is 27.6. The first-order valence-corrected chi connectivity index (χ1v) is 16.5. The van der Waals surface area contributed by atoms with Crippen LogP contribution in [0.1, 0.15) is 22.3 Å². The van der Waals surface area contributed by atoms with Crippen molar-refractivity contribution >= 4 is 5.65 Å². The van der Waals surface area contributed by atoms with Crippen molar-refractivity contribution in [2.24, 2.45) is 0 Å². The predicted molar refractivity (Wildman–Crippen MR) is 197 cm³/mol. The first-order chi connectivity index (χ1) is 24.1. The first kappa shape index (κ1) is 30.2. The van der Waals surface area contributed by atoms with Gasteiger partial charge in [-0.2, -0.15) is 5.10 Å². The molecule has 6 heteroatoms. The van der Waals surface area contributed by atoms with Gasteiger partial charge in [-0.05, 0) is 60.6 Å². The molecule has 0 bridgehead atoms. The lowest BCUT2D eigenvalue weighted by Crippen LogP contribution is -2.38. The van der Waals surface area contributed by atoms with Crippen LogP contribution in [0.5, 0.6) is 0 Å². The van der Waals surface area contributed by atoms with E-state index in [4.69, 9.17) is 10.1 Å². The largest absolute Gasteiger partial charge is 0.305 e. The van der Waals surface area contributed by atoms with E-state index in [1.165, 1.54) is 5.56 Å². The number of imidazole rings is 1. The third-order valence-corrected chi connectivity index (χ3v) is 9.10. The van der Waals surface area contributed by atoms with Crippen LogP contribution < -0.4 is 0 Å². The van der Waals surface area contributed by atoms with Gasteiger partial charge in [0.05, 0.1) is 17.6 Å². The molecule has 8 rings (SSSR count). The van der Waals surface area contributed by atoms with Gasteiger partial charge in [0.1, 0.15) is 16.9 Å². The summed E-state index contributed by atoms with van der Waals surface area (Å²) in [5, 5.41) is 5.57. The zero-order valence-corrected chi connectivity index (χ0v) is 27.6. The predicted octanol–water partition coefficient (Wildman–Crippen LogP) is 8.83. The first-order valence-electron chi connectivity index (χ1n) is 16.5. The van der Waals surface area contributed by atoms with Crippen LogP contribution >= 0.6 is 0 Å². The van der Waals surface area contributed by atoms with Gasteiger partial charge in [0.2, 0.25) is 0 Å². The Labute approximate surface area is 286 Å². The van der Waals surface area contributed by atoms with Crippen molar-refractivity contribution in [3.8, 4) is 33.8 Å². The summed E-state index contributed by atoms with van der Waals surface area (Å²) in [5.74, 6) is 0. The maximum Gasteiger partial charge on any atom is 0.138 e. The number of aromatic nitrogens is 5. The van der Waals surface area contributed by atoms with Gasteiger partial charge in [0, 0.05) is 41.8 Å². The van der Waals surface area contributed by atoms with Crippen molar-refractivity contribution in [2.45, 2.75) is 12.1 Å². The van der Waals surface area contributed by atoms with E-state index >= 15 is 0 Å². The molecule has 8 aromatic rings. The molecule has 0 aliphatic heterocycles. The average Bonchev–Trinajstić information content (AvgIpc) is 3.79. The number of hydrogen-bond acceptors (Lipinski definition) is 4. The number of rotatable bonds is 9. The van der Waals surface area contributed by atoms with Crippen LogP contribution in [0.2, 0.25) is 0 Å². The van der Waals surface area contributed by atoms with Gasteiger partial charge in [-0.15, -0.1) is 0 Å². The SMILES string of the molecule is CN(C)Cc1ccc(-c2nn(C(c3ccccc3)(c3ccccc3)c3ccccc3)cc2-c2ccc3ncc(-c4ccccn4)n3c2)cc1. The topological polar surface area (TPSA) is 51.2 Å². The van der Waals surface area contributed by atoms with Crippen LogP contribution in [0.25, 0.3) is 39.4 Å². The van der Waals surface area contributed by atoms with Gasteiger partial charge < -0.3 is 4.90 Å². The van der Waals surface area contributed by atoms with E-state index in [1.807, 2.05) is 30.6 Å². The van der Waals surface area contributed by atoms with Crippen molar-refractivity contribution < 1.29 is 0 Å². The minimum atomic E-state index is -0.750. The number of nitrogens with zero attached hydrogens (tertiary/aromatic N) is 6. The molecule has 0 saturated heterocycles. The van der Waals surface area contributed by atoms with Gasteiger partial charge in [-0.3, -0.25) is 14.1 Å². The molecule has 0 saturated carbocycles. The molecule has 4 aromatic carbocycles. The molecule has 6 nitrogen and oxygen atoms in total. The summed E-state index contributed by atoms with van der Waals surface area (Å²) in [6.45, 7) is 0.869. The fourth-order valence-electron chi connectivity index (χ4n) is 6.88. The molecule has 238 valence electrons. The van der Waals surface area contributed by atoms with E-state index in [0.717, 1.165) is 62.7 Å². The van der Waals surface area contributed by atoms with Crippen molar-refractivity contribution in [3.63, 3.8) is 0 Å². The molecule has 4 aromatic heterocycles. The molecule has 49 heavy (non-hydrogen) atoms. The highest BCUT2D eigenvalue weighted by atomic mass is 15.3. The minimum Gasteiger partial charge on any atom is -0.305 e. The molecule has 0 fully saturated rings. The zero-order chi connectivity index (χ0) is 33.2. The lowest BCUT2D eigenvalue weighted by atomic mass is 9.77. The van der Waals surface area contributed by atoms with Crippen LogP contribution in [0, 0.1) is 0 Å². The molecule has 0 amide bonds. The monoisotopic (exact) mass is 636 g/mol. The molecule has 0 aliphatic rings. The summed E-state index contributed by atoms with van der Waals surface area (Å²) in [4.78, 5) is 11.5. The van der Waals surface area contributed by atoms with Crippen molar-refractivity contribution in [2.75, 3.05) is 14.1 Å². The molecule has 0 atom stereocenters. The Balaban J connectivity index is 1.41. The van der Waals surface area contributed by atoms with Gasteiger partial charge in [-0.25, -0.2) is 4.98 Å². The van der Waals surface area contributed by atoms with Gasteiger partial charge in [0.15, 0.2) is 0 Å². The van der Waals surface area contributed by atoms with Crippen molar-refractivity contribution in [3.05, 3.63) is 193 Å². The summed E-state index contributed by atoms with van der Waals surface area (Å²) < 4.78 is 4.29. The summed E-state index contributed by atoms with van der Waals surface area (Å²) >= 11 is 0.